The van der Waals surface area contributed by atoms with Crippen LogP contribution in [0, 0.1) is 17.3 Å². The zero-order chi connectivity index (χ0) is 16.9. The lowest BCUT2D eigenvalue weighted by molar-refractivity contribution is -0.0226. The van der Waals surface area contributed by atoms with Crippen molar-refractivity contribution in [3.63, 3.8) is 0 Å². The zero-order valence-electron chi connectivity index (χ0n) is 14.5. The van der Waals surface area contributed by atoms with E-state index in [1.807, 2.05) is 12.1 Å². The van der Waals surface area contributed by atoms with Gasteiger partial charge in [0.1, 0.15) is 5.75 Å². The van der Waals surface area contributed by atoms with E-state index in [0.717, 1.165) is 32.1 Å². The number of fused-ring (bicyclic) bond motifs is 5. The van der Waals surface area contributed by atoms with Gasteiger partial charge in [-0.1, -0.05) is 13.0 Å². The molecule has 4 rings (SSSR count). The van der Waals surface area contributed by atoms with E-state index < -0.39 is 6.16 Å². The molecule has 0 bridgehead atoms. The fraction of sp³-hybridized carbons (Fsp3) is 0.650. The molecule has 130 valence electrons. The largest absolute Gasteiger partial charge is 0.513 e. The van der Waals surface area contributed by atoms with E-state index in [1.54, 1.807) is 0 Å². The Labute approximate surface area is 143 Å². The van der Waals surface area contributed by atoms with Gasteiger partial charge in [-0.3, -0.25) is 0 Å². The Morgan fingerprint density at radius 1 is 1.25 bits per heavy atom. The maximum absolute atomic E-state index is 11.3. The van der Waals surface area contributed by atoms with Gasteiger partial charge in [0.05, 0.1) is 13.2 Å². The predicted molar refractivity (Wildman–Crippen MR) is 90.1 cm³/mol. The summed E-state index contributed by atoms with van der Waals surface area (Å²) in [6.45, 7) is 2.30. The minimum atomic E-state index is -0.669. The summed E-state index contributed by atoms with van der Waals surface area (Å²) < 4.78 is 9.74. The van der Waals surface area contributed by atoms with E-state index in [4.69, 9.17) is 4.74 Å². The molecular formula is C20H26O4. The third kappa shape index (κ3) is 2.34. The highest BCUT2D eigenvalue weighted by molar-refractivity contribution is 5.63. The van der Waals surface area contributed by atoms with Gasteiger partial charge in [0.2, 0.25) is 0 Å². The molecule has 0 amide bonds. The maximum atomic E-state index is 11.3. The number of rotatable bonds is 1. The van der Waals surface area contributed by atoms with Crippen LogP contribution < -0.4 is 4.74 Å². The van der Waals surface area contributed by atoms with Crippen LogP contribution in [0.1, 0.15) is 56.1 Å². The normalized spacial score (nSPS) is 37.1. The van der Waals surface area contributed by atoms with Crippen molar-refractivity contribution < 1.29 is 19.4 Å². The van der Waals surface area contributed by atoms with Crippen molar-refractivity contribution in [2.45, 2.75) is 57.5 Å². The van der Waals surface area contributed by atoms with Crippen LogP contribution in [0.5, 0.6) is 5.75 Å². The summed E-state index contributed by atoms with van der Waals surface area (Å²) in [7, 11) is 1.32. The van der Waals surface area contributed by atoms with Crippen molar-refractivity contribution in [2.75, 3.05) is 7.11 Å². The van der Waals surface area contributed by atoms with E-state index in [0.29, 0.717) is 23.5 Å². The maximum Gasteiger partial charge on any atom is 0.513 e. The van der Waals surface area contributed by atoms with Crippen LogP contribution in [-0.4, -0.2) is 24.5 Å². The van der Waals surface area contributed by atoms with Gasteiger partial charge in [0.25, 0.3) is 0 Å². The smallest absolute Gasteiger partial charge is 0.437 e. The van der Waals surface area contributed by atoms with E-state index >= 15 is 0 Å². The molecule has 0 aromatic heterocycles. The van der Waals surface area contributed by atoms with E-state index in [2.05, 4.69) is 17.7 Å². The molecule has 0 aliphatic heterocycles. The Bertz CT molecular complexity index is 655. The van der Waals surface area contributed by atoms with Gasteiger partial charge in [-0.25, -0.2) is 4.79 Å². The van der Waals surface area contributed by atoms with Crippen LogP contribution in [-0.2, 0) is 11.2 Å². The molecule has 4 heteroatoms. The minimum absolute atomic E-state index is 0.118. The second-order valence-corrected chi connectivity index (χ2v) is 7.97. The average Bonchev–Trinajstić information content (AvgIpc) is 2.89. The molecular weight excluding hydrogens is 304 g/mol. The van der Waals surface area contributed by atoms with Gasteiger partial charge < -0.3 is 14.6 Å². The van der Waals surface area contributed by atoms with E-state index in [-0.39, 0.29) is 11.5 Å². The Morgan fingerprint density at radius 2 is 2.08 bits per heavy atom. The molecule has 0 saturated heterocycles. The summed E-state index contributed by atoms with van der Waals surface area (Å²) in [6, 6.07) is 6.02. The highest BCUT2D eigenvalue weighted by Gasteiger charge is 2.54. The van der Waals surface area contributed by atoms with Crippen LogP contribution in [0.25, 0.3) is 0 Å². The number of hydrogen-bond donors (Lipinski definition) is 1. The first-order chi connectivity index (χ1) is 11.5. The minimum Gasteiger partial charge on any atom is -0.437 e. The molecule has 3 aliphatic carbocycles. The molecule has 4 nitrogen and oxygen atoms in total. The number of carbonyl (C=O) groups is 1. The first kappa shape index (κ1) is 15.9. The van der Waals surface area contributed by atoms with Crippen LogP contribution in [0.2, 0.25) is 0 Å². The predicted octanol–water partition coefficient (Wildman–Crippen LogP) is 4.05. The average molecular weight is 330 g/mol. The Balaban J connectivity index is 1.60. The van der Waals surface area contributed by atoms with Crippen LogP contribution in [0.3, 0.4) is 0 Å². The zero-order valence-corrected chi connectivity index (χ0v) is 14.5. The molecule has 2 fully saturated rings. The van der Waals surface area contributed by atoms with Crippen LogP contribution in [0.15, 0.2) is 18.2 Å². The van der Waals surface area contributed by atoms with Gasteiger partial charge >= 0.3 is 6.16 Å². The van der Waals surface area contributed by atoms with Gasteiger partial charge in [-0.15, -0.1) is 0 Å². The van der Waals surface area contributed by atoms with Crippen LogP contribution >= 0.6 is 0 Å². The molecule has 0 unspecified atom stereocenters. The standard InChI is InChI=1S/C20H26O4/c1-20-10-9-15-14-6-4-13(24-19(22)23-2)11-12(14)3-5-16(15)17(20)7-8-18(20)21/h4,6,11,15-18,21H,3,5,7-10H2,1-2H3/t15-,16-,17+,18+,20+/m1/s1. The third-order valence-corrected chi connectivity index (χ3v) is 7.02. The number of aliphatic hydroxyl groups is 1. The monoisotopic (exact) mass is 330 g/mol. The fourth-order valence-corrected chi connectivity index (χ4v) is 5.73. The molecule has 0 spiro atoms. The molecule has 5 atom stereocenters. The van der Waals surface area contributed by atoms with Crippen molar-refractivity contribution >= 4 is 6.16 Å². The lowest BCUT2D eigenvalue weighted by Gasteiger charge is -2.50. The Kier molecular flexibility index (Phi) is 3.83. The van der Waals surface area contributed by atoms with Crippen molar-refractivity contribution in [1.29, 1.82) is 0 Å². The summed E-state index contributed by atoms with van der Waals surface area (Å²) >= 11 is 0. The summed E-state index contributed by atoms with van der Waals surface area (Å²) in [5, 5.41) is 10.5. The second-order valence-electron chi connectivity index (χ2n) is 7.97. The lowest BCUT2D eigenvalue weighted by atomic mass is 9.55. The topological polar surface area (TPSA) is 55.8 Å². The van der Waals surface area contributed by atoms with E-state index in [9.17, 15) is 9.90 Å². The SMILES string of the molecule is COC(=O)Oc1ccc2c(c1)CC[C@@H]1[C@@H]2CC[C@]2(C)[C@@H](O)CC[C@@H]12. The molecule has 0 heterocycles. The van der Waals surface area contributed by atoms with Crippen molar-refractivity contribution in [1.82, 2.24) is 0 Å². The Morgan fingerprint density at radius 3 is 2.88 bits per heavy atom. The van der Waals surface area contributed by atoms with Gasteiger partial charge in [0.15, 0.2) is 0 Å². The number of methoxy groups -OCH3 is 1. The number of ether oxygens (including phenoxy) is 2. The Hall–Kier alpha value is -1.55. The molecule has 1 aromatic rings. The number of aliphatic hydroxyl groups excluding tert-OH is 1. The van der Waals surface area contributed by atoms with Gasteiger partial charge in [-0.05, 0) is 85.0 Å². The van der Waals surface area contributed by atoms with E-state index in [1.165, 1.54) is 24.7 Å². The molecule has 2 saturated carbocycles. The molecule has 3 aliphatic rings. The molecule has 0 radical (unpaired) electrons. The third-order valence-electron chi connectivity index (χ3n) is 7.02. The van der Waals surface area contributed by atoms with Crippen molar-refractivity contribution in [3.8, 4) is 5.75 Å². The number of aryl methyl sites for hydroxylation is 1. The summed E-state index contributed by atoms with van der Waals surface area (Å²) in [5.41, 5.74) is 2.85. The lowest BCUT2D eigenvalue weighted by Crippen LogP contribution is -2.43. The summed E-state index contributed by atoms with van der Waals surface area (Å²) in [6.07, 6.45) is 5.79. The first-order valence-corrected chi connectivity index (χ1v) is 9.09. The second kappa shape index (κ2) is 5.76. The van der Waals surface area contributed by atoms with Crippen LogP contribution in [0.4, 0.5) is 4.79 Å². The quantitative estimate of drug-likeness (QED) is 0.623. The number of hydrogen-bond acceptors (Lipinski definition) is 4. The van der Waals surface area contributed by atoms with Gasteiger partial charge in [0, 0.05) is 0 Å². The number of carbonyl (C=O) groups excluding carboxylic acids is 1. The summed E-state index contributed by atoms with van der Waals surface area (Å²) in [5.74, 6) is 2.48. The first-order valence-electron chi connectivity index (χ1n) is 9.09. The molecule has 24 heavy (non-hydrogen) atoms. The molecule has 1 aromatic carbocycles. The van der Waals surface area contributed by atoms with Gasteiger partial charge in [-0.2, -0.15) is 0 Å². The molecule has 1 N–H and O–H groups in total. The van der Waals surface area contributed by atoms with Crippen molar-refractivity contribution in [2.24, 2.45) is 17.3 Å². The highest BCUT2D eigenvalue weighted by Crippen LogP contribution is 2.60. The highest BCUT2D eigenvalue weighted by atomic mass is 16.7. The fourth-order valence-electron chi connectivity index (χ4n) is 5.73. The number of benzene rings is 1. The van der Waals surface area contributed by atoms with Crippen molar-refractivity contribution in [3.05, 3.63) is 29.3 Å². The summed E-state index contributed by atoms with van der Waals surface area (Å²) in [4.78, 5) is 11.3.